The lowest BCUT2D eigenvalue weighted by atomic mass is 9.81. The van der Waals surface area contributed by atoms with Gasteiger partial charge in [0.15, 0.2) is 0 Å². The van der Waals surface area contributed by atoms with Crippen molar-refractivity contribution in [2.45, 2.75) is 25.8 Å². The molecular weight excluding hydrogens is 789 g/mol. The van der Waals surface area contributed by atoms with E-state index < -0.39 is 0 Å². The number of nitrogens with zero attached hydrogens (tertiary/aromatic N) is 3. The van der Waals surface area contributed by atoms with Crippen LogP contribution in [0.1, 0.15) is 41.7 Å². The molecule has 65 heavy (non-hydrogen) atoms. The van der Waals surface area contributed by atoms with E-state index in [0.717, 1.165) is 28.1 Å². The third-order valence-electron chi connectivity index (χ3n) is 13.6. The fraction of sp³-hybridized carbons (Fsp3) is 0.0656. The summed E-state index contributed by atoms with van der Waals surface area (Å²) in [6.45, 7) is 5.27. The number of hydrogen-bond acceptors (Lipinski definition) is 2. The number of allylic oxidation sites excluding steroid dienone is 1. The van der Waals surface area contributed by atoms with Gasteiger partial charge >= 0.3 is 0 Å². The van der Waals surface area contributed by atoms with Crippen molar-refractivity contribution in [3.63, 3.8) is 0 Å². The molecule has 0 fully saturated rings. The van der Waals surface area contributed by atoms with E-state index in [2.05, 4.69) is 199 Å². The monoisotopic (exact) mass is 834 g/mol. The number of rotatable bonds is 8. The van der Waals surface area contributed by atoms with Crippen LogP contribution >= 0.6 is 0 Å². The van der Waals surface area contributed by atoms with Crippen LogP contribution in [0.4, 0.5) is 0 Å². The Labute approximate surface area is 378 Å². The molecule has 0 radical (unpaired) electrons. The van der Waals surface area contributed by atoms with Gasteiger partial charge in [0.1, 0.15) is 0 Å². The summed E-state index contributed by atoms with van der Waals surface area (Å²) in [5.74, 6) is 0. The second kappa shape index (κ2) is 15.3. The number of para-hydroxylation sites is 3. The smallest absolute Gasteiger partial charge is 0.0671 e. The van der Waals surface area contributed by atoms with Crippen molar-refractivity contribution in [1.29, 1.82) is 0 Å². The summed E-state index contributed by atoms with van der Waals surface area (Å²) in [7, 11) is 0. The van der Waals surface area contributed by atoms with Crippen molar-refractivity contribution < 1.29 is 0 Å². The number of fused-ring (bicyclic) bond motifs is 9. The average molecular weight is 835 g/mol. The van der Waals surface area contributed by atoms with E-state index in [-0.39, 0.29) is 5.41 Å². The normalized spacial score (nSPS) is 13.5. The van der Waals surface area contributed by atoms with Gasteiger partial charge in [-0.1, -0.05) is 159 Å². The van der Waals surface area contributed by atoms with E-state index in [1.165, 1.54) is 82.7 Å². The van der Waals surface area contributed by atoms with Crippen LogP contribution in [0.25, 0.3) is 82.9 Å². The zero-order chi connectivity index (χ0) is 43.6. The standard InChI is InChI=1S/C61H46N4/c1-61(2)53-36-44(56(63-39-40-16-6-3-7-17-40)38-55(62)41-18-8-4-9-19-41)26-30-47(53)48-31-29-46(37-54(48)61)65-58-25-15-13-23-50(58)52-35-43(28-33-60(52)65)42-27-32-59-51(34-42)49-22-12-14-24-57(49)64(59)45-20-10-5-11-21-45/h3-38H,39,62H2,1-2H3/b55-38-,63-56?. The molecule has 11 aromatic rings. The molecule has 0 aliphatic heterocycles. The Bertz CT molecular complexity index is 3700. The molecule has 0 unspecified atom stereocenters. The SMILES string of the molecule is CC1(C)c2cc(C(/C=C(\N)c3ccccc3)=NCc3ccccc3)ccc2-c2ccc(-n3c4ccccc4c4cc(-c5ccc6c(c5)c5ccccc5n6-c5ccccc5)ccc43)cc21. The highest BCUT2D eigenvalue weighted by Crippen LogP contribution is 2.50. The molecule has 12 rings (SSSR count). The van der Waals surface area contributed by atoms with Crippen LogP contribution in [0.15, 0.2) is 223 Å². The molecule has 0 amide bonds. The molecule has 2 N–H and O–H groups in total. The zero-order valence-corrected chi connectivity index (χ0v) is 36.4. The van der Waals surface area contributed by atoms with Crippen LogP contribution in [0.5, 0.6) is 0 Å². The van der Waals surface area contributed by atoms with Crippen molar-refractivity contribution in [2.75, 3.05) is 0 Å². The van der Waals surface area contributed by atoms with Crippen molar-refractivity contribution in [3.8, 4) is 33.6 Å². The van der Waals surface area contributed by atoms with E-state index >= 15 is 0 Å². The maximum absolute atomic E-state index is 6.75. The number of benzene rings is 9. The Morgan fingerprint density at radius 2 is 0.969 bits per heavy atom. The Balaban J connectivity index is 0.934. The molecule has 0 saturated heterocycles. The van der Waals surface area contributed by atoms with Crippen molar-refractivity contribution >= 4 is 55.0 Å². The predicted octanol–water partition coefficient (Wildman–Crippen LogP) is 14.8. The van der Waals surface area contributed by atoms with Crippen molar-refractivity contribution in [3.05, 3.63) is 246 Å². The molecule has 2 aromatic heterocycles. The fourth-order valence-electron chi connectivity index (χ4n) is 10.3. The van der Waals surface area contributed by atoms with Gasteiger partial charge in [0.05, 0.1) is 34.3 Å². The first kappa shape index (κ1) is 38.5. The molecule has 2 heterocycles. The lowest BCUT2D eigenvalue weighted by Gasteiger charge is -2.23. The van der Waals surface area contributed by atoms with Gasteiger partial charge in [-0.05, 0) is 117 Å². The molecule has 9 aromatic carbocycles. The average Bonchev–Trinajstić information content (AvgIpc) is 3.95. The van der Waals surface area contributed by atoms with E-state index in [1.54, 1.807) is 0 Å². The Hall–Kier alpha value is -8.21. The minimum atomic E-state index is -0.260. The topological polar surface area (TPSA) is 48.2 Å². The van der Waals surface area contributed by atoms with Crippen LogP contribution in [-0.2, 0) is 12.0 Å². The first-order valence-corrected chi connectivity index (χ1v) is 22.4. The van der Waals surface area contributed by atoms with Gasteiger partial charge in [-0.25, -0.2) is 0 Å². The van der Waals surface area contributed by atoms with Crippen LogP contribution in [-0.4, -0.2) is 14.8 Å². The second-order valence-corrected chi connectivity index (χ2v) is 17.8. The van der Waals surface area contributed by atoms with Crippen LogP contribution in [0, 0.1) is 0 Å². The lowest BCUT2D eigenvalue weighted by molar-refractivity contribution is 0.659. The molecule has 0 saturated carbocycles. The third-order valence-corrected chi connectivity index (χ3v) is 13.6. The van der Waals surface area contributed by atoms with Crippen molar-refractivity contribution in [2.24, 2.45) is 10.7 Å². The molecular formula is C61H46N4. The maximum atomic E-state index is 6.75. The number of hydrogen-bond donors (Lipinski definition) is 1. The number of aromatic nitrogens is 2. The highest BCUT2D eigenvalue weighted by atomic mass is 15.0. The quantitative estimate of drug-likeness (QED) is 0.152. The van der Waals surface area contributed by atoms with Gasteiger partial charge in [-0.3, -0.25) is 4.99 Å². The van der Waals surface area contributed by atoms with Gasteiger partial charge in [-0.2, -0.15) is 0 Å². The van der Waals surface area contributed by atoms with Gasteiger partial charge in [0.2, 0.25) is 0 Å². The minimum Gasteiger partial charge on any atom is -0.398 e. The highest BCUT2D eigenvalue weighted by molar-refractivity contribution is 6.14. The fourth-order valence-corrected chi connectivity index (χ4v) is 10.3. The van der Waals surface area contributed by atoms with E-state index in [4.69, 9.17) is 10.7 Å². The second-order valence-electron chi connectivity index (χ2n) is 17.8. The summed E-state index contributed by atoms with van der Waals surface area (Å²) in [5, 5.41) is 4.98. The molecule has 1 aliphatic rings. The summed E-state index contributed by atoms with van der Waals surface area (Å²) in [6.07, 6.45) is 2.03. The van der Waals surface area contributed by atoms with Crippen LogP contribution in [0.2, 0.25) is 0 Å². The minimum absolute atomic E-state index is 0.260. The summed E-state index contributed by atoms with van der Waals surface area (Å²) < 4.78 is 4.82. The molecule has 0 atom stereocenters. The third kappa shape index (κ3) is 6.40. The molecule has 4 heteroatoms. The molecule has 4 nitrogen and oxygen atoms in total. The van der Waals surface area contributed by atoms with Gasteiger partial charge in [0.25, 0.3) is 0 Å². The Morgan fingerprint density at radius 1 is 0.462 bits per heavy atom. The molecule has 0 bridgehead atoms. The van der Waals surface area contributed by atoms with Gasteiger partial charge in [0, 0.05) is 49.6 Å². The van der Waals surface area contributed by atoms with Crippen LogP contribution in [0.3, 0.4) is 0 Å². The van der Waals surface area contributed by atoms with Gasteiger partial charge < -0.3 is 14.9 Å². The molecule has 0 spiro atoms. The molecule has 1 aliphatic carbocycles. The summed E-state index contributed by atoms with van der Waals surface area (Å²) in [6, 6.07) is 76.6. The maximum Gasteiger partial charge on any atom is 0.0671 e. The lowest BCUT2D eigenvalue weighted by Crippen LogP contribution is -2.16. The van der Waals surface area contributed by atoms with Gasteiger partial charge in [-0.15, -0.1) is 0 Å². The van der Waals surface area contributed by atoms with E-state index in [9.17, 15) is 0 Å². The van der Waals surface area contributed by atoms with E-state index in [1.807, 2.05) is 42.5 Å². The first-order chi connectivity index (χ1) is 31.9. The first-order valence-electron chi connectivity index (χ1n) is 22.4. The number of nitrogens with two attached hydrogens (primary N) is 1. The van der Waals surface area contributed by atoms with E-state index in [0.29, 0.717) is 12.2 Å². The Morgan fingerprint density at radius 3 is 1.60 bits per heavy atom. The molecule has 310 valence electrons. The predicted molar refractivity (Wildman–Crippen MR) is 273 cm³/mol. The summed E-state index contributed by atoms with van der Waals surface area (Å²) >= 11 is 0. The Kier molecular flexibility index (Phi) is 9.03. The highest BCUT2D eigenvalue weighted by Gasteiger charge is 2.36. The van der Waals surface area contributed by atoms with Crippen molar-refractivity contribution in [1.82, 2.24) is 9.13 Å². The largest absolute Gasteiger partial charge is 0.398 e. The van der Waals surface area contributed by atoms with Crippen LogP contribution < -0.4 is 5.73 Å². The zero-order valence-electron chi connectivity index (χ0n) is 36.4. The number of aliphatic imine (C=N–C) groups is 1. The summed E-state index contributed by atoms with van der Waals surface area (Å²) in [4.78, 5) is 5.18. The summed E-state index contributed by atoms with van der Waals surface area (Å²) in [5.41, 5.74) is 25.9.